The Kier molecular flexibility index (Phi) is 4.32. The van der Waals surface area contributed by atoms with Crippen LogP contribution in [0.2, 0.25) is 0 Å². The van der Waals surface area contributed by atoms with Gasteiger partial charge in [0.2, 0.25) is 0 Å². The van der Waals surface area contributed by atoms with Crippen LogP contribution in [0.3, 0.4) is 0 Å². The van der Waals surface area contributed by atoms with E-state index in [0.29, 0.717) is 0 Å². The summed E-state index contributed by atoms with van der Waals surface area (Å²) in [6.07, 6.45) is 8.97. The van der Waals surface area contributed by atoms with Gasteiger partial charge < -0.3 is 9.88 Å². The Labute approximate surface area is 101 Å². The van der Waals surface area contributed by atoms with Crippen molar-refractivity contribution >= 4 is 0 Å². The number of aryl methyl sites for hydroxylation is 2. The fourth-order valence-corrected chi connectivity index (χ4v) is 1.74. The van der Waals surface area contributed by atoms with E-state index < -0.39 is 0 Å². The van der Waals surface area contributed by atoms with Gasteiger partial charge in [0.25, 0.3) is 0 Å². The van der Waals surface area contributed by atoms with Gasteiger partial charge in [-0.2, -0.15) is 0 Å². The van der Waals surface area contributed by atoms with Crippen molar-refractivity contribution in [3.05, 3.63) is 36.4 Å². The molecule has 0 saturated carbocycles. The molecule has 2 aromatic rings. The summed E-state index contributed by atoms with van der Waals surface area (Å²) in [6.45, 7) is 6.03. The van der Waals surface area contributed by atoms with E-state index in [0.717, 1.165) is 32.6 Å². The summed E-state index contributed by atoms with van der Waals surface area (Å²) in [6, 6.07) is 2.16. The smallest absolute Gasteiger partial charge is 0.0692 e. The zero-order chi connectivity index (χ0) is 11.9. The first-order valence-corrected chi connectivity index (χ1v) is 6.08. The van der Waals surface area contributed by atoms with E-state index >= 15 is 0 Å². The third-order valence-corrected chi connectivity index (χ3v) is 2.72. The number of rotatable bonds is 7. The monoisotopic (exact) mass is 233 g/mol. The summed E-state index contributed by atoms with van der Waals surface area (Å²) in [4.78, 5) is 0. The van der Waals surface area contributed by atoms with E-state index in [2.05, 4.69) is 45.6 Å². The van der Waals surface area contributed by atoms with Gasteiger partial charge in [0.05, 0.1) is 6.20 Å². The standard InChI is InChI=1S/C12H19N5/c1-2-16-8-4-12(11-16)10-13-5-3-7-17-9-6-14-15-17/h4,6,8-9,11,13H,2-3,5,7,10H2,1H3. The zero-order valence-electron chi connectivity index (χ0n) is 10.2. The lowest BCUT2D eigenvalue weighted by atomic mass is 10.3. The van der Waals surface area contributed by atoms with Gasteiger partial charge in [0, 0.05) is 38.2 Å². The van der Waals surface area contributed by atoms with E-state index in [1.807, 2.05) is 10.9 Å². The molecule has 0 aliphatic carbocycles. The molecule has 0 amide bonds. The summed E-state index contributed by atoms with van der Waals surface area (Å²) in [5.74, 6) is 0. The van der Waals surface area contributed by atoms with Crippen LogP contribution in [0.25, 0.3) is 0 Å². The van der Waals surface area contributed by atoms with Crippen molar-refractivity contribution in [3.8, 4) is 0 Å². The van der Waals surface area contributed by atoms with E-state index in [4.69, 9.17) is 0 Å². The Morgan fingerprint density at radius 1 is 1.35 bits per heavy atom. The number of nitrogens with one attached hydrogen (secondary N) is 1. The Bertz CT molecular complexity index is 418. The van der Waals surface area contributed by atoms with Crippen molar-refractivity contribution < 1.29 is 0 Å². The van der Waals surface area contributed by atoms with Gasteiger partial charge in [0.1, 0.15) is 0 Å². The minimum atomic E-state index is 0.920. The normalized spacial score (nSPS) is 10.9. The molecule has 2 heterocycles. The van der Waals surface area contributed by atoms with Gasteiger partial charge in [0.15, 0.2) is 0 Å². The van der Waals surface area contributed by atoms with Crippen molar-refractivity contribution in [2.75, 3.05) is 6.54 Å². The number of hydrogen-bond acceptors (Lipinski definition) is 3. The predicted molar refractivity (Wildman–Crippen MR) is 66.5 cm³/mol. The van der Waals surface area contributed by atoms with E-state index in [-0.39, 0.29) is 0 Å². The van der Waals surface area contributed by atoms with Crippen LogP contribution in [0, 0.1) is 0 Å². The molecule has 0 unspecified atom stereocenters. The Morgan fingerprint density at radius 2 is 2.29 bits per heavy atom. The van der Waals surface area contributed by atoms with Crippen LogP contribution in [0.5, 0.6) is 0 Å². The quantitative estimate of drug-likeness (QED) is 0.733. The zero-order valence-corrected chi connectivity index (χ0v) is 10.2. The van der Waals surface area contributed by atoms with E-state index in [9.17, 15) is 0 Å². The molecule has 0 fully saturated rings. The SMILES string of the molecule is CCn1ccc(CNCCCn2ccnn2)c1. The molecule has 1 N–H and O–H groups in total. The molecule has 17 heavy (non-hydrogen) atoms. The molecular weight excluding hydrogens is 214 g/mol. The van der Waals surface area contributed by atoms with Crippen LogP contribution < -0.4 is 5.32 Å². The van der Waals surface area contributed by atoms with Crippen molar-refractivity contribution in [1.82, 2.24) is 24.9 Å². The highest BCUT2D eigenvalue weighted by molar-refractivity contribution is 5.09. The average molecular weight is 233 g/mol. The van der Waals surface area contributed by atoms with Crippen molar-refractivity contribution in [3.63, 3.8) is 0 Å². The summed E-state index contributed by atoms with van der Waals surface area (Å²) in [5.41, 5.74) is 1.34. The minimum Gasteiger partial charge on any atom is -0.354 e. The summed E-state index contributed by atoms with van der Waals surface area (Å²) < 4.78 is 4.04. The Hall–Kier alpha value is -1.62. The van der Waals surface area contributed by atoms with Crippen LogP contribution in [0.1, 0.15) is 18.9 Å². The predicted octanol–water partition coefficient (Wildman–Crippen LogP) is 1.28. The molecule has 0 aliphatic rings. The first-order valence-electron chi connectivity index (χ1n) is 6.08. The first kappa shape index (κ1) is 11.9. The van der Waals surface area contributed by atoms with Gasteiger partial charge >= 0.3 is 0 Å². The number of nitrogens with zero attached hydrogens (tertiary/aromatic N) is 4. The van der Waals surface area contributed by atoms with Crippen LogP contribution in [-0.4, -0.2) is 26.1 Å². The summed E-state index contributed by atoms with van der Waals surface area (Å²) in [7, 11) is 0. The third-order valence-electron chi connectivity index (χ3n) is 2.72. The molecule has 0 saturated heterocycles. The highest BCUT2D eigenvalue weighted by Crippen LogP contribution is 2.00. The maximum absolute atomic E-state index is 3.92. The first-order chi connectivity index (χ1) is 8.38. The summed E-state index contributed by atoms with van der Waals surface area (Å²) in [5, 5.41) is 11.1. The van der Waals surface area contributed by atoms with Crippen LogP contribution in [-0.2, 0) is 19.6 Å². The largest absolute Gasteiger partial charge is 0.354 e. The molecule has 0 aromatic carbocycles. The molecule has 2 rings (SSSR count). The Balaban J connectivity index is 1.60. The maximum Gasteiger partial charge on any atom is 0.0692 e. The van der Waals surface area contributed by atoms with Crippen LogP contribution in [0.15, 0.2) is 30.9 Å². The van der Waals surface area contributed by atoms with Gasteiger partial charge in [-0.3, -0.25) is 4.68 Å². The molecule has 2 aromatic heterocycles. The fraction of sp³-hybridized carbons (Fsp3) is 0.500. The highest BCUT2D eigenvalue weighted by Gasteiger charge is 1.96. The highest BCUT2D eigenvalue weighted by atomic mass is 15.4. The van der Waals surface area contributed by atoms with Crippen molar-refractivity contribution in [2.24, 2.45) is 0 Å². The minimum absolute atomic E-state index is 0.920. The Morgan fingerprint density at radius 3 is 3.00 bits per heavy atom. The molecule has 0 aliphatic heterocycles. The molecule has 5 heteroatoms. The van der Waals surface area contributed by atoms with Crippen molar-refractivity contribution in [1.29, 1.82) is 0 Å². The lowest BCUT2D eigenvalue weighted by Crippen LogP contribution is -2.16. The van der Waals surface area contributed by atoms with Gasteiger partial charge in [-0.25, -0.2) is 0 Å². The molecular formula is C12H19N5. The lowest BCUT2D eigenvalue weighted by Gasteiger charge is -2.03. The lowest BCUT2D eigenvalue weighted by molar-refractivity contribution is 0.530. The second-order valence-corrected chi connectivity index (χ2v) is 4.05. The van der Waals surface area contributed by atoms with E-state index in [1.54, 1.807) is 6.20 Å². The van der Waals surface area contributed by atoms with Crippen LogP contribution in [0.4, 0.5) is 0 Å². The second-order valence-electron chi connectivity index (χ2n) is 4.05. The fourth-order valence-electron chi connectivity index (χ4n) is 1.74. The summed E-state index contributed by atoms with van der Waals surface area (Å²) >= 11 is 0. The van der Waals surface area contributed by atoms with Gasteiger partial charge in [-0.15, -0.1) is 5.10 Å². The molecule has 5 nitrogen and oxygen atoms in total. The van der Waals surface area contributed by atoms with E-state index in [1.165, 1.54) is 5.56 Å². The maximum atomic E-state index is 3.92. The third kappa shape index (κ3) is 3.71. The molecule has 92 valence electrons. The van der Waals surface area contributed by atoms with Crippen molar-refractivity contribution in [2.45, 2.75) is 33.0 Å². The van der Waals surface area contributed by atoms with Gasteiger partial charge in [-0.1, -0.05) is 5.21 Å². The average Bonchev–Trinajstić information content (AvgIpc) is 2.99. The molecule has 0 radical (unpaired) electrons. The molecule has 0 spiro atoms. The number of hydrogen-bond donors (Lipinski definition) is 1. The topological polar surface area (TPSA) is 47.7 Å². The molecule has 0 atom stereocenters. The van der Waals surface area contributed by atoms with Crippen LogP contribution >= 0.6 is 0 Å². The second kappa shape index (κ2) is 6.20. The number of aromatic nitrogens is 4. The molecule has 0 bridgehead atoms. The van der Waals surface area contributed by atoms with Gasteiger partial charge in [-0.05, 0) is 31.5 Å².